The summed E-state index contributed by atoms with van der Waals surface area (Å²) in [6.07, 6.45) is -0.724. The first kappa shape index (κ1) is 15.9. The molecule has 2 aliphatic rings. The highest BCUT2D eigenvalue weighted by atomic mass is 19.3. The average molecular weight is 302 g/mol. The van der Waals surface area contributed by atoms with Crippen LogP contribution in [0.3, 0.4) is 0 Å². The number of hydrogen-bond donors (Lipinski definition) is 0. The second kappa shape index (κ2) is 5.35. The van der Waals surface area contributed by atoms with Crippen LogP contribution in [0.25, 0.3) is 0 Å². The molecule has 0 amide bonds. The Balaban J connectivity index is 2.16. The molecule has 1 saturated carbocycles. The van der Waals surface area contributed by atoms with Crippen LogP contribution in [0.2, 0.25) is 0 Å². The first-order valence-electron chi connectivity index (χ1n) is 6.99. The molecule has 7 heteroatoms. The zero-order valence-electron chi connectivity index (χ0n) is 12.7. The van der Waals surface area contributed by atoms with Crippen molar-refractivity contribution in [3.05, 3.63) is 0 Å². The van der Waals surface area contributed by atoms with E-state index in [0.717, 1.165) is 25.5 Å². The molecule has 1 aliphatic carbocycles. The summed E-state index contributed by atoms with van der Waals surface area (Å²) < 4.78 is 24.7. The van der Waals surface area contributed by atoms with Gasteiger partial charge in [0.05, 0.1) is 11.6 Å². The molecule has 1 heterocycles. The van der Waals surface area contributed by atoms with Crippen molar-refractivity contribution < 1.29 is 23.3 Å². The number of hydrogen-bond acceptors (Lipinski definition) is 5. The van der Waals surface area contributed by atoms with Gasteiger partial charge in [-0.25, -0.2) is 13.6 Å². The molecule has 0 N–H and O–H groups in total. The van der Waals surface area contributed by atoms with E-state index >= 15 is 0 Å². The molecule has 5 nitrogen and oxygen atoms in total. The van der Waals surface area contributed by atoms with Crippen molar-refractivity contribution >= 4 is 17.4 Å². The molecule has 2 rings (SSSR count). The molecule has 1 fully saturated rings. The summed E-state index contributed by atoms with van der Waals surface area (Å²) in [5.74, 6) is -0.917. The summed E-state index contributed by atoms with van der Waals surface area (Å²) in [5, 5.41) is 7.26. The number of halogens is 2. The van der Waals surface area contributed by atoms with Crippen LogP contribution in [0.4, 0.5) is 8.78 Å². The summed E-state index contributed by atoms with van der Waals surface area (Å²) in [6, 6.07) is 0. The maximum absolute atomic E-state index is 12.4. The molecular weight excluding hydrogens is 282 g/mol. The fraction of sp³-hybridized carbons (Fsp3) is 0.786. The molecule has 0 aromatic carbocycles. The molecule has 0 aromatic rings. The van der Waals surface area contributed by atoms with Gasteiger partial charge in [-0.05, 0) is 19.8 Å². The first-order valence-corrected chi connectivity index (χ1v) is 6.99. The van der Waals surface area contributed by atoms with Gasteiger partial charge in [-0.1, -0.05) is 31.1 Å². The van der Waals surface area contributed by atoms with Crippen LogP contribution in [-0.4, -0.2) is 29.4 Å². The Bertz CT molecular complexity index is 497. The predicted octanol–water partition coefficient (Wildman–Crippen LogP) is 3.14. The van der Waals surface area contributed by atoms with E-state index in [1.165, 1.54) is 0 Å². The van der Waals surface area contributed by atoms with Gasteiger partial charge in [0, 0.05) is 11.8 Å². The summed E-state index contributed by atoms with van der Waals surface area (Å²) in [5.41, 5.74) is -1.15. The van der Waals surface area contributed by atoms with E-state index in [9.17, 15) is 13.6 Å². The third-order valence-electron chi connectivity index (χ3n) is 3.94. The molecule has 0 saturated heterocycles. The van der Waals surface area contributed by atoms with E-state index in [-0.39, 0.29) is 11.3 Å². The van der Waals surface area contributed by atoms with E-state index in [1.807, 2.05) is 20.8 Å². The van der Waals surface area contributed by atoms with Crippen molar-refractivity contribution in [2.45, 2.75) is 59.0 Å². The minimum Gasteiger partial charge on any atom is -0.376 e. The van der Waals surface area contributed by atoms with Crippen LogP contribution in [0.15, 0.2) is 10.3 Å². The maximum atomic E-state index is 12.4. The quantitative estimate of drug-likeness (QED) is 0.457. The number of nitrogens with zero attached hydrogens (tertiary/aromatic N) is 2. The highest BCUT2D eigenvalue weighted by Gasteiger charge is 2.60. The molecule has 0 radical (unpaired) electrons. The molecule has 0 spiro atoms. The molecule has 118 valence electrons. The highest BCUT2D eigenvalue weighted by Crippen LogP contribution is 2.48. The lowest BCUT2D eigenvalue weighted by atomic mass is 9.76. The SMILES string of the molecule is C/C(=N\OC(=O)C12CCCC1C(C(C)(C)C)=NO2)C(F)F. The van der Waals surface area contributed by atoms with Crippen LogP contribution >= 0.6 is 0 Å². The van der Waals surface area contributed by atoms with Gasteiger partial charge in [-0.15, -0.1) is 0 Å². The number of oxime groups is 2. The number of alkyl halides is 2. The largest absolute Gasteiger partial charge is 0.381 e. The third-order valence-corrected chi connectivity index (χ3v) is 3.94. The van der Waals surface area contributed by atoms with Crippen LogP contribution in [-0.2, 0) is 14.5 Å². The van der Waals surface area contributed by atoms with E-state index < -0.39 is 23.7 Å². The van der Waals surface area contributed by atoms with Gasteiger partial charge in [0.15, 0.2) is 0 Å². The Labute approximate surface area is 122 Å². The van der Waals surface area contributed by atoms with Crippen LogP contribution in [0.5, 0.6) is 0 Å². The van der Waals surface area contributed by atoms with Crippen LogP contribution in [0, 0.1) is 11.3 Å². The van der Waals surface area contributed by atoms with Crippen LogP contribution < -0.4 is 0 Å². The molecule has 2 unspecified atom stereocenters. The normalized spacial score (nSPS) is 29.2. The Hall–Kier alpha value is -1.53. The number of rotatable bonds is 3. The number of carbonyl (C=O) groups excluding carboxylic acids is 1. The maximum Gasteiger partial charge on any atom is 0.381 e. The Morgan fingerprint density at radius 1 is 1.52 bits per heavy atom. The van der Waals surface area contributed by atoms with Crippen molar-refractivity contribution in [2.75, 3.05) is 0 Å². The Morgan fingerprint density at radius 2 is 2.19 bits per heavy atom. The van der Waals surface area contributed by atoms with Gasteiger partial charge in [0.2, 0.25) is 5.60 Å². The highest BCUT2D eigenvalue weighted by molar-refractivity contribution is 5.99. The zero-order chi connectivity index (χ0) is 15.8. The lowest BCUT2D eigenvalue weighted by molar-refractivity contribution is -0.172. The Kier molecular flexibility index (Phi) is 4.04. The smallest absolute Gasteiger partial charge is 0.376 e. The zero-order valence-corrected chi connectivity index (χ0v) is 12.7. The average Bonchev–Trinajstić information content (AvgIpc) is 2.92. The van der Waals surface area contributed by atoms with Gasteiger partial charge >= 0.3 is 5.97 Å². The predicted molar refractivity (Wildman–Crippen MR) is 73.3 cm³/mol. The number of carbonyl (C=O) groups is 1. The summed E-state index contributed by atoms with van der Waals surface area (Å²) in [7, 11) is 0. The summed E-state index contributed by atoms with van der Waals surface area (Å²) >= 11 is 0. The third kappa shape index (κ3) is 2.78. The Morgan fingerprint density at radius 3 is 2.76 bits per heavy atom. The van der Waals surface area contributed by atoms with E-state index in [2.05, 4.69) is 15.1 Å². The van der Waals surface area contributed by atoms with Crippen molar-refractivity contribution in [2.24, 2.45) is 21.6 Å². The van der Waals surface area contributed by atoms with E-state index in [1.54, 1.807) is 0 Å². The molecular formula is C14H20F2N2O3. The minimum atomic E-state index is -2.75. The van der Waals surface area contributed by atoms with Gasteiger partial charge < -0.3 is 9.68 Å². The molecule has 21 heavy (non-hydrogen) atoms. The molecule has 0 aromatic heterocycles. The topological polar surface area (TPSA) is 60.2 Å². The van der Waals surface area contributed by atoms with Gasteiger partial charge in [0.1, 0.15) is 5.71 Å². The van der Waals surface area contributed by atoms with Crippen molar-refractivity contribution in [1.29, 1.82) is 0 Å². The summed E-state index contributed by atoms with van der Waals surface area (Å²) in [4.78, 5) is 22.4. The van der Waals surface area contributed by atoms with Gasteiger partial charge in [0.25, 0.3) is 6.43 Å². The standard InChI is InChI=1S/C14H20F2N2O3/c1-8(11(15)16)17-20-12(19)14-7-5-6-9(14)10(18-21-14)13(2,3)4/h9,11H,5-7H2,1-4H3/b17-8+. The molecule has 2 atom stereocenters. The van der Waals surface area contributed by atoms with Crippen molar-refractivity contribution in [3.8, 4) is 0 Å². The van der Waals surface area contributed by atoms with Crippen molar-refractivity contribution in [1.82, 2.24) is 0 Å². The lowest BCUT2D eigenvalue weighted by Gasteiger charge is -2.26. The van der Waals surface area contributed by atoms with Crippen molar-refractivity contribution in [3.63, 3.8) is 0 Å². The van der Waals surface area contributed by atoms with Gasteiger partial charge in [-0.2, -0.15) is 0 Å². The second-order valence-electron chi connectivity index (χ2n) is 6.56. The second-order valence-corrected chi connectivity index (χ2v) is 6.56. The molecule has 0 bridgehead atoms. The lowest BCUT2D eigenvalue weighted by Crippen LogP contribution is -2.45. The van der Waals surface area contributed by atoms with Gasteiger partial charge in [-0.3, -0.25) is 0 Å². The first-order chi connectivity index (χ1) is 9.68. The van der Waals surface area contributed by atoms with E-state index in [0.29, 0.717) is 6.42 Å². The minimum absolute atomic E-state index is 0.174. The fourth-order valence-corrected chi connectivity index (χ4v) is 2.81. The summed E-state index contributed by atoms with van der Waals surface area (Å²) in [6.45, 7) is 7.09. The monoisotopic (exact) mass is 302 g/mol. The molecule has 1 aliphatic heterocycles. The fourth-order valence-electron chi connectivity index (χ4n) is 2.81. The van der Waals surface area contributed by atoms with Crippen LogP contribution in [0.1, 0.15) is 47.0 Å². The van der Waals surface area contributed by atoms with E-state index in [4.69, 9.17) is 4.84 Å². The number of fused-ring (bicyclic) bond motifs is 1.